The number of hydrogen-bond acceptors (Lipinski definition) is 14. The molecule has 0 saturated carbocycles. The number of fused-ring (bicyclic) bond motifs is 1. The van der Waals surface area contributed by atoms with Gasteiger partial charge in [-0.25, -0.2) is 24.6 Å². The summed E-state index contributed by atoms with van der Waals surface area (Å²) >= 11 is 1.33. The highest BCUT2D eigenvalue weighted by atomic mass is 32.1. The molecule has 0 spiro atoms. The second-order valence-corrected chi connectivity index (χ2v) is 17.5. The third-order valence-electron chi connectivity index (χ3n) is 10.9. The van der Waals surface area contributed by atoms with E-state index < -0.39 is 11.7 Å². The molecule has 18 nitrogen and oxygen atoms in total. The highest BCUT2D eigenvalue weighted by molar-refractivity contribution is 7.17. The molecule has 0 radical (unpaired) electrons. The maximum atomic E-state index is 14.1. The monoisotopic (exact) mass is 1030 g/mol. The molecule has 0 aliphatic carbocycles. The number of benzene rings is 5. The number of nitrogens with zero attached hydrogens (tertiary/aromatic N) is 5. The number of thiophene rings is 1. The van der Waals surface area contributed by atoms with Crippen molar-refractivity contribution < 1.29 is 61.5 Å². The molecule has 20 heteroatoms. The van der Waals surface area contributed by atoms with E-state index in [1.807, 2.05) is 17.5 Å². The zero-order valence-electron chi connectivity index (χ0n) is 43.7. The number of hydrogen-bond donors (Lipinski definition) is 1. The van der Waals surface area contributed by atoms with E-state index in [0.29, 0.717) is 61.5 Å². The van der Waals surface area contributed by atoms with E-state index >= 15 is 0 Å². The van der Waals surface area contributed by atoms with Crippen LogP contribution in [-0.4, -0.2) is 145 Å². The Kier molecular flexibility index (Phi) is 20.4. The first-order valence-corrected chi connectivity index (χ1v) is 23.2. The summed E-state index contributed by atoms with van der Waals surface area (Å²) < 4.78 is 51.0. The van der Waals surface area contributed by atoms with Crippen molar-refractivity contribution in [3.05, 3.63) is 131 Å². The molecule has 0 aliphatic rings. The number of halogens is 1. The number of carbonyl (C=O) groups is 5. The minimum atomic E-state index is -0.640. The molecule has 6 aromatic rings. The maximum absolute atomic E-state index is 14.1. The first-order chi connectivity index (χ1) is 34.6. The van der Waals surface area contributed by atoms with E-state index in [2.05, 4.69) is 5.43 Å². The predicted octanol–water partition coefficient (Wildman–Crippen LogP) is 8.95. The molecule has 0 aliphatic heterocycles. The van der Waals surface area contributed by atoms with Crippen LogP contribution in [0.3, 0.4) is 0 Å². The fourth-order valence-electron chi connectivity index (χ4n) is 6.69. The summed E-state index contributed by atoms with van der Waals surface area (Å²) in [4.78, 5) is 62.6. The quantitative estimate of drug-likeness (QED) is 0.115. The summed E-state index contributed by atoms with van der Waals surface area (Å²) in [6.07, 6.45) is -0.617. The third kappa shape index (κ3) is 14.3. The van der Waals surface area contributed by atoms with Crippen LogP contribution in [0.2, 0.25) is 0 Å². The Labute approximate surface area is 429 Å². The Bertz CT molecular complexity index is 2910. The van der Waals surface area contributed by atoms with Gasteiger partial charge in [-0.2, -0.15) is 0 Å². The second kappa shape index (κ2) is 25.8. The third-order valence-corrected chi connectivity index (χ3v) is 11.9. The predicted molar refractivity (Wildman–Crippen MR) is 277 cm³/mol. The molecule has 5 amide bonds. The lowest BCUT2D eigenvalue weighted by Crippen LogP contribution is -2.46. The molecule has 1 aromatic heterocycles. The van der Waals surface area contributed by atoms with Gasteiger partial charge in [0.15, 0.2) is 34.5 Å². The highest BCUT2D eigenvalue weighted by Gasteiger charge is 2.27. The number of hydrazine groups is 3. The van der Waals surface area contributed by atoms with Crippen molar-refractivity contribution in [1.82, 2.24) is 30.5 Å². The van der Waals surface area contributed by atoms with E-state index in [1.54, 1.807) is 121 Å². The second-order valence-electron chi connectivity index (χ2n) is 16.6. The van der Waals surface area contributed by atoms with Crippen LogP contribution in [0, 0.1) is 5.82 Å². The van der Waals surface area contributed by atoms with Crippen LogP contribution in [0.15, 0.2) is 102 Å². The van der Waals surface area contributed by atoms with Gasteiger partial charge in [0.1, 0.15) is 11.4 Å². The highest BCUT2D eigenvalue weighted by Crippen LogP contribution is 2.36. The molecule has 0 saturated heterocycles. The van der Waals surface area contributed by atoms with Crippen molar-refractivity contribution >= 4 is 51.1 Å². The van der Waals surface area contributed by atoms with Gasteiger partial charge in [0.05, 0.1) is 47.4 Å². The summed E-state index contributed by atoms with van der Waals surface area (Å²) in [6.45, 7) is 5.28. The van der Waals surface area contributed by atoms with Gasteiger partial charge in [-0.3, -0.25) is 34.2 Å². The number of carbonyl (C=O) groups excluding carboxylic acids is 5. The minimum absolute atomic E-state index is 0.136. The Morgan fingerprint density at radius 3 is 1.32 bits per heavy atom. The van der Waals surface area contributed by atoms with Gasteiger partial charge in [-0.15, -0.1) is 11.3 Å². The van der Waals surface area contributed by atoms with E-state index in [0.717, 1.165) is 21.5 Å². The molecule has 0 atom stereocenters. The van der Waals surface area contributed by atoms with Gasteiger partial charge in [-0.05, 0) is 105 Å². The van der Waals surface area contributed by atoms with Gasteiger partial charge < -0.3 is 33.2 Å². The SMILES string of the molecule is CNN(C)C(=O)c1ccc(OC)c(OC)c1.COc1ccc(C(=O)N(C)N(C)C(=O)OC(C)(C)C)cc1OC.COc1ccc(C(=O)N(C)N(C)C(=O)c2cccc(-c3csc4c(F)cccc34)c2)cc1OC. The molecule has 6 rings (SSSR count). The molecule has 390 valence electrons. The molecule has 0 bridgehead atoms. The van der Waals surface area contributed by atoms with E-state index in [4.69, 9.17) is 33.2 Å². The summed E-state index contributed by atoms with van der Waals surface area (Å²) in [7, 11) is 18.4. The van der Waals surface area contributed by atoms with Crippen LogP contribution in [0.1, 0.15) is 62.2 Å². The number of amides is 5. The largest absolute Gasteiger partial charge is 0.493 e. The lowest BCUT2D eigenvalue weighted by Gasteiger charge is -2.30. The van der Waals surface area contributed by atoms with Crippen LogP contribution >= 0.6 is 11.3 Å². The average Bonchev–Trinajstić information content (AvgIpc) is 3.86. The fraction of sp³-hybridized carbons (Fsp3) is 0.302. The first-order valence-electron chi connectivity index (χ1n) is 22.3. The molecule has 1 N–H and O–H groups in total. The molecular weight excluding hydrogens is 964 g/mol. The van der Waals surface area contributed by atoms with Crippen molar-refractivity contribution in [2.24, 2.45) is 0 Å². The van der Waals surface area contributed by atoms with Crippen LogP contribution in [0.5, 0.6) is 34.5 Å². The van der Waals surface area contributed by atoms with E-state index in [9.17, 15) is 28.4 Å². The zero-order valence-corrected chi connectivity index (χ0v) is 44.6. The van der Waals surface area contributed by atoms with Crippen LogP contribution in [0.4, 0.5) is 9.18 Å². The summed E-state index contributed by atoms with van der Waals surface area (Å²) in [6, 6.07) is 26.7. The maximum Gasteiger partial charge on any atom is 0.429 e. The van der Waals surface area contributed by atoms with Gasteiger partial charge >= 0.3 is 6.09 Å². The van der Waals surface area contributed by atoms with Gasteiger partial charge in [0.2, 0.25) is 0 Å². The van der Waals surface area contributed by atoms with Gasteiger partial charge in [0, 0.05) is 75.5 Å². The van der Waals surface area contributed by atoms with E-state index in [1.165, 1.54) is 101 Å². The zero-order chi connectivity index (χ0) is 54.3. The normalized spacial score (nSPS) is 10.5. The van der Waals surface area contributed by atoms with Crippen molar-refractivity contribution in [1.29, 1.82) is 0 Å². The van der Waals surface area contributed by atoms with E-state index in [-0.39, 0.29) is 29.4 Å². The van der Waals surface area contributed by atoms with Crippen molar-refractivity contribution in [3.8, 4) is 45.6 Å². The molecule has 5 aromatic carbocycles. The average molecular weight is 1030 g/mol. The lowest BCUT2D eigenvalue weighted by molar-refractivity contribution is -0.0192. The summed E-state index contributed by atoms with van der Waals surface area (Å²) in [5.41, 5.74) is 5.40. The fourth-order valence-corrected chi connectivity index (χ4v) is 7.67. The smallest absolute Gasteiger partial charge is 0.429 e. The Hall–Kier alpha value is -8.10. The topological polar surface area (TPSA) is 178 Å². The van der Waals surface area contributed by atoms with Crippen molar-refractivity contribution in [2.45, 2.75) is 26.4 Å². The molecular formula is C53H63FN6O12S. The van der Waals surface area contributed by atoms with Crippen molar-refractivity contribution in [3.63, 3.8) is 0 Å². The van der Waals surface area contributed by atoms with Gasteiger partial charge in [0.25, 0.3) is 23.6 Å². The van der Waals surface area contributed by atoms with Crippen LogP contribution < -0.4 is 33.8 Å². The number of nitrogens with one attached hydrogen (secondary N) is 1. The Morgan fingerprint density at radius 1 is 0.507 bits per heavy atom. The van der Waals surface area contributed by atoms with Crippen LogP contribution in [0.25, 0.3) is 21.2 Å². The van der Waals surface area contributed by atoms with Crippen molar-refractivity contribution in [2.75, 3.05) is 84.9 Å². The molecule has 0 unspecified atom stereocenters. The number of methoxy groups -OCH3 is 6. The standard InChI is InChI=1S/C26H23FN2O4S.C16H24N2O5.C11H16N2O3/c1-28(29(2)26(31)18-11-12-22(32-3)23(14-18)33-4)25(30)17-8-5-7-16(13-17)20-15-34-24-19(20)9-6-10-21(24)27;1-16(2,3)23-15(20)18(5)17(4)14(19)11-8-9-12(21-6)13(10-11)22-7;1-12-13(2)11(14)8-5-6-9(15-3)10(7-8)16-4/h5-15H,1-4H3;8-10H,1-7H3;5-7,12H,1-4H3. The van der Waals surface area contributed by atoms with Crippen LogP contribution in [-0.2, 0) is 4.74 Å². The molecule has 73 heavy (non-hydrogen) atoms. The first kappa shape index (κ1) is 57.5. The summed E-state index contributed by atoms with van der Waals surface area (Å²) in [5, 5.41) is 8.85. The minimum Gasteiger partial charge on any atom is -0.493 e. The Balaban J connectivity index is 0.000000257. The summed E-state index contributed by atoms with van der Waals surface area (Å²) in [5.74, 6) is 1.50. The molecule has 1 heterocycles. The number of rotatable bonds is 12. The lowest BCUT2D eigenvalue weighted by atomic mass is 10.0. The number of ether oxygens (including phenoxy) is 7. The molecule has 0 fully saturated rings. The van der Waals surface area contributed by atoms with Gasteiger partial charge in [-0.1, -0.05) is 24.3 Å². The Morgan fingerprint density at radius 2 is 0.904 bits per heavy atom.